The fourth-order valence-corrected chi connectivity index (χ4v) is 3.45. The van der Waals surface area contributed by atoms with Crippen molar-refractivity contribution in [1.82, 2.24) is 9.97 Å². The number of benzene rings is 1. The van der Waals surface area contributed by atoms with E-state index in [4.69, 9.17) is 20.4 Å². The smallest absolute Gasteiger partial charge is 0.134 e. The summed E-state index contributed by atoms with van der Waals surface area (Å²) in [5, 5.41) is 3.48. The van der Waals surface area contributed by atoms with Gasteiger partial charge in [0.2, 0.25) is 0 Å². The Morgan fingerprint density at radius 1 is 1.11 bits per heavy atom. The monoisotopic (exact) mass is 410 g/mol. The third kappa shape index (κ3) is 5.24. The molecule has 2 aliphatic carbocycles. The van der Waals surface area contributed by atoms with Crippen molar-refractivity contribution in [1.29, 1.82) is 0 Å². The third-order valence-electron chi connectivity index (χ3n) is 5.19. The summed E-state index contributed by atoms with van der Waals surface area (Å²) in [6, 6.07) is 10.6. The highest BCUT2D eigenvalue weighted by atomic mass is 35.5. The van der Waals surface area contributed by atoms with Gasteiger partial charge in [0.05, 0.1) is 7.11 Å². The molecular formula is C20H28Cl2N4O. The molecule has 1 heterocycles. The van der Waals surface area contributed by atoms with Gasteiger partial charge in [0, 0.05) is 36.2 Å². The summed E-state index contributed by atoms with van der Waals surface area (Å²) in [6.45, 7) is 0.825. The summed E-state index contributed by atoms with van der Waals surface area (Å²) in [6.07, 6.45) is 5.42. The molecule has 0 unspecified atom stereocenters. The second kappa shape index (κ2) is 9.58. The van der Waals surface area contributed by atoms with Crippen LogP contribution in [0, 0.1) is 0 Å². The first-order valence-electron chi connectivity index (χ1n) is 9.23. The van der Waals surface area contributed by atoms with Gasteiger partial charge in [0.25, 0.3) is 0 Å². The molecule has 0 amide bonds. The minimum atomic E-state index is 0. The standard InChI is InChI=1S/C20H26N4O.2ClH/c1-25-18-5-3-2-4-13(18)8-9-22-19-12-17(15-10-16(21)11-15)23-20(24-19)14-6-7-14;;/h2-5,12,14-16H,6-11,21H2,1H3,(H,22,23,24);2*1H. The zero-order chi connectivity index (χ0) is 17.2. The van der Waals surface area contributed by atoms with Crippen molar-refractivity contribution in [2.45, 2.75) is 50.0 Å². The van der Waals surface area contributed by atoms with Crippen molar-refractivity contribution < 1.29 is 4.74 Å². The van der Waals surface area contributed by atoms with Gasteiger partial charge in [-0.05, 0) is 43.7 Å². The molecule has 1 aromatic carbocycles. The largest absolute Gasteiger partial charge is 0.496 e. The highest BCUT2D eigenvalue weighted by Gasteiger charge is 2.32. The summed E-state index contributed by atoms with van der Waals surface area (Å²) >= 11 is 0. The quantitative estimate of drug-likeness (QED) is 0.719. The molecule has 2 saturated carbocycles. The predicted octanol–water partition coefficient (Wildman–Crippen LogP) is 4.07. The van der Waals surface area contributed by atoms with Crippen LogP contribution in [0.3, 0.4) is 0 Å². The van der Waals surface area contributed by atoms with E-state index < -0.39 is 0 Å². The molecule has 2 aliphatic rings. The molecule has 0 radical (unpaired) electrons. The molecule has 2 aromatic rings. The van der Waals surface area contributed by atoms with E-state index in [-0.39, 0.29) is 24.8 Å². The fraction of sp³-hybridized carbons (Fsp3) is 0.500. The van der Waals surface area contributed by atoms with Crippen molar-refractivity contribution in [3.8, 4) is 5.75 Å². The van der Waals surface area contributed by atoms with Crippen LogP contribution < -0.4 is 15.8 Å². The SMILES string of the molecule is COc1ccccc1CCNc1cc(C2CC(N)C2)nc(C2CC2)n1.Cl.Cl. The lowest BCUT2D eigenvalue weighted by molar-refractivity contribution is 0.344. The second-order valence-electron chi connectivity index (χ2n) is 7.23. The maximum atomic E-state index is 5.96. The number of hydrogen-bond donors (Lipinski definition) is 2. The number of anilines is 1. The van der Waals surface area contributed by atoms with Crippen molar-refractivity contribution in [2.24, 2.45) is 5.73 Å². The lowest BCUT2D eigenvalue weighted by Crippen LogP contribution is -2.35. The maximum Gasteiger partial charge on any atom is 0.134 e. The molecule has 0 aliphatic heterocycles. The molecule has 3 N–H and O–H groups in total. The van der Waals surface area contributed by atoms with E-state index in [1.165, 1.54) is 24.1 Å². The van der Waals surface area contributed by atoms with Crippen LogP contribution in [0.1, 0.15) is 54.6 Å². The Labute approximate surface area is 173 Å². The minimum absolute atomic E-state index is 0. The third-order valence-corrected chi connectivity index (χ3v) is 5.19. The minimum Gasteiger partial charge on any atom is -0.496 e. The summed E-state index contributed by atoms with van der Waals surface area (Å²) in [5.74, 6) is 3.96. The van der Waals surface area contributed by atoms with Crippen LogP contribution >= 0.6 is 24.8 Å². The average molecular weight is 411 g/mol. The highest BCUT2D eigenvalue weighted by Crippen LogP contribution is 2.41. The Kier molecular flexibility index (Phi) is 7.71. The Hall–Kier alpha value is -1.56. The normalized spacial score (nSPS) is 20.7. The van der Waals surface area contributed by atoms with E-state index in [0.29, 0.717) is 17.9 Å². The van der Waals surface area contributed by atoms with Gasteiger partial charge in [-0.3, -0.25) is 0 Å². The first-order chi connectivity index (χ1) is 12.2. The first kappa shape index (κ1) is 21.7. The van der Waals surface area contributed by atoms with Crippen LogP contribution in [-0.2, 0) is 6.42 Å². The van der Waals surface area contributed by atoms with Crippen LogP contribution in [0.5, 0.6) is 5.75 Å². The van der Waals surface area contributed by atoms with Crippen LogP contribution in [0.2, 0.25) is 0 Å². The first-order valence-corrected chi connectivity index (χ1v) is 9.23. The molecular weight excluding hydrogens is 383 g/mol. The lowest BCUT2D eigenvalue weighted by Gasteiger charge is -2.32. The van der Waals surface area contributed by atoms with Gasteiger partial charge in [-0.15, -0.1) is 24.8 Å². The summed E-state index contributed by atoms with van der Waals surface area (Å²) in [4.78, 5) is 9.56. The van der Waals surface area contributed by atoms with Crippen LogP contribution in [-0.4, -0.2) is 29.7 Å². The summed E-state index contributed by atoms with van der Waals surface area (Å²) < 4.78 is 5.42. The van der Waals surface area contributed by atoms with Crippen molar-refractivity contribution in [3.05, 3.63) is 47.4 Å². The zero-order valence-electron chi connectivity index (χ0n) is 15.6. The summed E-state index contributed by atoms with van der Waals surface area (Å²) in [7, 11) is 1.72. The fourth-order valence-electron chi connectivity index (χ4n) is 3.45. The van der Waals surface area contributed by atoms with E-state index in [1.54, 1.807) is 7.11 Å². The molecule has 5 nitrogen and oxygen atoms in total. The van der Waals surface area contributed by atoms with Gasteiger partial charge < -0.3 is 15.8 Å². The highest BCUT2D eigenvalue weighted by molar-refractivity contribution is 5.85. The number of methoxy groups -OCH3 is 1. The molecule has 0 saturated heterocycles. The van der Waals surface area contributed by atoms with E-state index in [0.717, 1.165) is 43.2 Å². The number of para-hydroxylation sites is 1. The average Bonchev–Trinajstić information content (AvgIpc) is 3.44. The molecule has 148 valence electrons. The van der Waals surface area contributed by atoms with Crippen molar-refractivity contribution >= 4 is 30.6 Å². The molecule has 7 heteroatoms. The number of rotatable bonds is 7. The molecule has 0 bridgehead atoms. The van der Waals surface area contributed by atoms with Gasteiger partial charge in [0.15, 0.2) is 0 Å². The van der Waals surface area contributed by atoms with Gasteiger partial charge in [-0.2, -0.15) is 0 Å². The number of nitrogens with one attached hydrogen (secondary N) is 1. The number of aromatic nitrogens is 2. The Morgan fingerprint density at radius 2 is 1.85 bits per heavy atom. The molecule has 0 atom stereocenters. The van der Waals surface area contributed by atoms with E-state index in [9.17, 15) is 0 Å². The number of hydrogen-bond acceptors (Lipinski definition) is 5. The van der Waals surface area contributed by atoms with Gasteiger partial charge in [-0.1, -0.05) is 18.2 Å². The number of ether oxygens (including phenoxy) is 1. The maximum absolute atomic E-state index is 5.96. The molecule has 2 fully saturated rings. The van der Waals surface area contributed by atoms with Gasteiger partial charge in [0.1, 0.15) is 17.4 Å². The van der Waals surface area contributed by atoms with Crippen LogP contribution in [0.4, 0.5) is 5.82 Å². The van der Waals surface area contributed by atoms with Gasteiger partial charge in [-0.25, -0.2) is 9.97 Å². The van der Waals surface area contributed by atoms with Crippen molar-refractivity contribution in [2.75, 3.05) is 19.0 Å². The molecule has 1 aromatic heterocycles. The van der Waals surface area contributed by atoms with Gasteiger partial charge >= 0.3 is 0 Å². The lowest BCUT2D eigenvalue weighted by atomic mass is 9.78. The summed E-state index contributed by atoms with van der Waals surface area (Å²) in [5.41, 5.74) is 8.33. The van der Waals surface area contributed by atoms with E-state index in [1.807, 2.05) is 18.2 Å². The number of halogens is 2. The predicted molar refractivity (Wildman–Crippen MR) is 114 cm³/mol. The Morgan fingerprint density at radius 3 is 2.52 bits per heavy atom. The molecule has 27 heavy (non-hydrogen) atoms. The zero-order valence-corrected chi connectivity index (χ0v) is 17.2. The number of nitrogens with two attached hydrogens (primary N) is 1. The molecule has 0 spiro atoms. The van der Waals surface area contributed by atoms with E-state index >= 15 is 0 Å². The van der Waals surface area contributed by atoms with Crippen LogP contribution in [0.25, 0.3) is 0 Å². The molecule has 4 rings (SSSR count). The van der Waals surface area contributed by atoms with E-state index in [2.05, 4.69) is 17.4 Å². The second-order valence-corrected chi connectivity index (χ2v) is 7.23. The Bertz CT molecular complexity index is 749. The Balaban J connectivity index is 0.00000131. The topological polar surface area (TPSA) is 73.1 Å². The van der Waals surface area contributed by atoms with Crippen LogP contribution in [0.15, 0.2) is 30.3 Å². The van der Waals surface area contributed by atoms with Crippen molar-refractivity contribution in [3.63, 3.8) is 0 Å². The number of nitrogens with zero attached hydrogens (tertiary/aromatic N) is 2.